The zero-order valence-electron chi connectivity index (χ0n) is 10.6. The van der Waals surface area contributed by atoms with Crippen LogP contribution in [0, 0.1) is 5.82 Å². The van der Waals surface area contributed by atoms with Crippen molar-refractivity contribution in [2.45, 2.75) is 18.7 Å². The van der Waals surface area contributed by atoms with Gasteiger partial charge >= 0.3 is 5.97 Å². The first-order valence-corrected chi connectivity index (χ1v) is 7.45. The maximum atomic E-state index is 13.6. The minimum Gasteiger partial charge on any atom is -0.480 e. The largest absolute Gasteiger partial charge is 0.480 e. The molecule has 2 atom stereocenters. The van der Waals surface area contributed by atoms with Crippen LogP contribution in [0.5, 0.6) is 0 Å². The molecule has 110 valence electrons. The van der Waals surface area contributed by atoms with Crippen molar-refractivity contribution < 1.29 is 23.3 Å². The maximum absolute atomic E-state index is 13.6. The standard InChI is InChI=1S/C12H13ClFNO4S/c1-7(16)15-10(12(17)18)6-20(19)5-8-3-2-4-9(13)11(8)14/h2-4,10H,5-6H2,1H3,(H,15,16)(H,17,18)/t10-,20?/m0/s1. The van der Waals surface area contributed by atoms with Gasteiger partial charge in [0.15, 0.2) is 0 Å². The van der Waals surface area contributed by atoms with E-state index < -0.39 is 34.5 Å². The summed E-state index contributed by atoms with van der Waals surface area (Å²) < 4.78 is 25.5. The molecule has 5 nitrogen and oxygen atoms in total. The van der Waals surface area contributed by atoms with Gasteiger partial charge in [-0.2, -0.15) is 0 Å². The van der Waals surface area contributed by atoms with E-state index in [1.165, 1.54) is 18.2 Å². The van der Waals surface area contributed by atoms with Crippen molar-refractivity contribution in [2.24, 2.45) is 0 Å². The Morgan fingerprint density at radius 2 is 2.15 bits per heavy atom. The van der Waals surface area contributed by atoms with E-state index in [-0.39, 0.29) is 22.1 Å². The number of benzene rings is 1. The second-order valence-electron chi connectivity index (χ2n) is 4.06. The van der Waals surface area contributed by atoms with Gasteiger partial charge in [0.1, 0.15) is 11.9 Å². The Labute approximate surface area is 122 Å². The fourth-order valence-corrected chi connectivity index (χ4v) is 2.98. The Balaban J connectivity index is 2.73. The van der Waals surface area contributed by atoms with Gasteiger partial charge in [-0.3, -0.25) is 9.00 Å². The van der Waals surface area contributed by atoms with Crippen LogP contribution >= 0.6 is 11.6 Å². The number of halogens is 2. The second-order valence-corrected chi connectivity index (χ2v) is 5.96. The van der Waals surface area contributed by atoms with Crippen LogP contribution < -0.4 is 5.32 Å². The Morgan fingerprint density at radius 3 is 2.70 bits per heavy atom. The van der Waals surface area contributed by atoms with E-state index in [1.807, 2.05) is 0 Å². The molecule has 0 aliphatic rings. The Morgan fingerprint density at radius 1 is 1.50 bits per heavy atom. The van der Waals surface area contributed by atoms with Crippen molar-refractivity contribution in [2.75, 3.05) is 5.75 Å². The van der Waals surface area contributed by atoms with Gasteiger partial charge < -0.3 is 10.4 Å². The average molecular weight is 322 g/mol. The number of carbonyl (C=O) groups excluding carboxylic acids is 1. The topological polar surface area (TPSA) is 83.5 Å². The van der Waals surface area contributed by atoms with Crippen molar-refractivity contribution >= 4 is 34.3 Å². The van der Waals surface area contributed by atoms with Gasteiger partial charge in [0.05, 0.1) is 16.5 Å². The third-order valence-electron chi connectivity index (χ3n) is 2.38. The second kappa shape index (κ2) is 7.35. The van der Waals surface area contributed by atoms with Crippen molar-refractivity contribution in [3.05, 3.63) is 34.6 Å². The van der Waals surface area contributed by atoms with Gasteiger partial charge in [-0.15, -0.1) is 0 Å². The molecule has 0 aliphatic heterocycles. The van der Waals surface area contributed by atoms with E-state index >= 15 is 0 Å². The monoisotopic (exact) mass is 321 g/mol. The number of rotatable bonds is 6. The predicted octanol–water partition coefficient (Wildman–Crippen LogP) is 1.32. The van der Waals surface area contributed by atoms with Crippen LogP contribution in [0.4, 0.5) is 4.39 Å². The minimum absolute atomic E-state index is 0.0869. The summed E-state index contributed by atoms with van der Waals surface area (Å²) in [5.74, 6) is -2.98. The van der Waals surface area contributed by atoms with Crippen LogP contribution in [0.25, 0.3) is 0 Å². The van der Waals surface area contributed by atoms with Crippen LogP contribution in [0.2, 0.25) is 5.02 Å². The molecule has 1 unspecified atom stereocenters. The van der Waals surface area contributed by atoms with Crippen molar-refractivity contribution in [1.82, 2.24) is 5.32 Å². The number of hydrogen-bond donors (Lipinski definition) is 2. The summed E-state index contributed by atoms with van der Waals surface area (Å²) in [5, 5.41) is 11.0. The first-order valence-electron chi connectivity index (χ1n) is 5.59. The van der Waals surface area contributed by atoms with Crippen LogP contribution in [0.1, 0.15) is 12.5 Å². The molecule has 0 fully saturated rings. The fraction of sp³-hybridized carbons (Fsp3) is 0.333. The van der Waals surface area contributed by atoms with Crippen LogP contribution in [0.3, 0.4) is 0 Å². The van der Waals surface area contributed by atoms with E-state index in [4.69, 9.17) is 16.7 Å². The highest BCUT2D eigenvalue weighted by molar-refractivity contribution is 7.84. The summed E-state index contributed by atoms with van der Waals surface area (Å²) in [6, 6.07) is 3.03. The average Bonchev–Trinajstić information content (AvgIpc) is 2.33. The number of carboxylic acid groups (broad SMARTS) is 1. The molecule has 1 aromatic rings. The lowest BCUT2D eigenvalue weighted by Gasteiger charge is -2.13. The SMILES string of the molecule is CC(=O)N[C@@H](CS(=O)Cc1cccc(Cl)c1F)C(=O)O. The molecule has 0 saturated heterocycles. The molecular formula is C12H13ClFNO4S. The molecule has 1 rings (SSSR count). The number of nitrogens with one attached hydrogen (secondary N) is 1. The predicted molar refractivity (Wildman–Crippen MR) is 73.4 cm³/mol. The highest BCUT2D eigenvalue weighted by atomic mass is 35.5. The lowest BCUT2D eigenvalue weighted by molar-refractivity contribution is -0.140. The van der Waals surface area contributed by atoms with Gasteiger partial charge in [-0.1, -0.05) is 23.7 Å². The first-order chi connectivity index (χ1) is 9.31. The zero-order valence-corrected chi connectivity index (χ0v) is 12.1. The molecule has 0 aromatic heterocycles. The Bertz CT molecular complexity index is 552. The lowest BCUT2D eigenvalue weighted by atomic mass is 10.2. The van der Waals surface area contributed by atoms with Gasteiger partial charge in [0, 0.05) is 23.3 Å². The van der Waals surface area contributed by atoms with E-state index in [9.17, 15) is 18.2 Å². The van der Waals surface area contributed by atoms with Gasteiger partial charge in [-0.05, 0) is 6.07 Å². The first kappa shape index (κ1) is 16.6. The van der Waals surface area contributed by atoms with Gasteiger partial charge in [0.25, 0.3) is 0 Å². The number of carbonyl (C=O) groups is 2. The molecule has 1 amide bonds. The molecule has 0 radical (unpaired) electrons. The van der Waals surface area contributed by atoms with Gasteiger partial charge in [0.2, 0.25) is 5.91 Å². The summed E-state index contributed by atoms with van der Waals surface area (Å²) in [6.07, 6.45) is 0. The summed E-state index contributed by atoms with van der Waals surface area (Å²) >= 11 is 5.60. The lowest BCUT2D eigenvalue weighted by Crippen LogP contribution is -2.43. The highest BCUT2D eigenvalue weighted by Gasteiger charge is 2.22. The molecule has 8 heteroatoms. The van der Waals surface area contributed by atoms with Crippen molar-refractivity contribution in [3.8, 4) is 0 Å². The highest BCUT2D eigenvalue weighted by Crippen LogP contribution is 2.19. The number of amides is 1. The fourth-order valence-electron chi connectivity index (χ4n) is 1.50. The van der Waals surface area contributed by atoms with E-state index in [0.29, 0.717) is 0 Å². The molecule has 0 spiro atoms. The normalized spacial score (nSPS) is 13.6. The number of carboxylic acids is 1. The van der Waals surface area contributed by atoms with E-state index in [1.54, 1.807) is 0 Å². The summed E-state index contributed by atoms with van der Waals surface area (Å²) in [6.45, 7) is 1.16. The van der Waals surface area contributed by atoms with Crippen LogP contribution in [-0.2, 0) is 26.1 Å². The van der Waals surface area contributed by atoms with Crippen molar-refractivity contribution in [1.29, 1.82) is 0 Å². The summed E-state index contributed by atoms with van der Waals surface area (Å²) in [5.41, 5.74) is 0.141. The smallest absolute Gasteiger partial charge is 0.327 e. The summed E-state index contributed by atoms with van der Waals surface area (Å²) in [4.78, 5) is 21.7. The number of hydrogen-bond acceptors (Lipinski definition) is 3. The summed E-state index contributed by atoms with van der Waals surface area (Å²) in [7, 11) is -1.65. The third kappa shape index (κ3) is 4.90. The Kier molecular flexibility index (Phi) is 6.09. The molecule has 20 heavy (non-hydrogen) atoms. The molecule has 0 bridgehead atoms. The minimum atomic E-state index is -1.65. The molecule has 2 N–H and O–H groups in total. The zero-order chi connectivity index (χ0) is 15.3. The van der Waals surface area contributed by atoms with E-state index in [2.05, 4.69) is 5.32 Å². The Hall–Kier alpha value is -1.47. The quantitative estimate of drug-likeness (QED) is 0.827. The van der Waals surface area contributed by atoms with Crippen LogP contribution in [-0.4, -0.2) is 33.0 Å². The van der Waals surface area contributed by atoms with E-state index in [0.717, 1.165) is 6.92 Å². The molecule has 0 aliphatic carbocycles. The maximum Gasteiger partial charge on any atom is 0.327 e. The molecule has 0 heterocycles. The number of aliphatic carboxylic acids is 1. The molecular weight excluding hydrogens is 309 g/mol. The molecule has 0 saturated carbocycles. The molecule has 1 aromatic carbocycles. The third-order valence-corrected chi connectivity index (χ3v) is 4.01. The van der Waals surface area contributed by atoms with Crippen LogP contribution in [0.15, 0.2) is 18.2 Å². The van der Waals surface area contributed by atoms with Crippen molar-refractivity contribution in [3.63, 3.8) is 0 Å². The van der Waals surface area contributed by atoms with Gasteiger partial charge in [-0.25, -0.2) is 9.18 Å².